The molecular formula is C16H24N2. The lowest BCUT2D eigenvalue weighted by Gasteiger charge is -2.46. The molecule has 98 valence electrons. The molecule has 0 saturated heterocycles. The average Bonchev–Trinajstić information content (AvgIpc) is 2.40. The summed E-state index contributed by atoms with van der Waals surface area (Å²) in [4.78, 5) is 2.63. The number of benzene rings is 1. The first-order valence-electron chi connectivity index (χ1n) is 7.39. The summed E-state index contributed by atoms with van der Waals surface area (Å²) in [5.74, 6) is 0. The van der Waals surface area contributed by atoms with Gasteiger partial charge >= 0.3 is 0 Å². The van der Waals surface area contributed by atoms with Crippen LogP contribution in [0.4, 0.5) is 5.69 Å². The van der Waals surface area contributed by atoms with Gasteiger partial charge in [-0.05, 0) is 44.2 Å². The summed E-state index contributed by atoms with van der Waals surface area (Å²) >= 11 is 0. The van der Waals surface area contributed by atoms with Crippen LogP contribution in [-0.2, 0) is 6.42 Å². The molecule has 3 unspecified atom stereocenters. The van der Waals surface area contributed by atoms with E-state index in [2.05, 4.69) is 36.1 Å². The monoisotopic (exact) mass is 244 g/mol. The molecule has 0 radical (unpaired) electrons. The molecule has 2 nitrogen and oxygen atoms in total. The number of hydrogen-bond donors (Lipinski definition) is 1. The van der Waals surface area contributed by atoms with E-state index in [1.807, 2.05) is 0 Å². The van der Waals surface area contributed by atoms with E-state index >= 15 is 0 Å². The van der Waals surface area contributed by atoms with Gasteiger partial charge in [-0.1, -0.05) is 31.0 Å². The number of rotatable bonds is 1. The predicted octanol–water partition coefficient (Wildman–Crippen LogP) is 3.10. The molecule has 0 bridgehead atoms. The quantitative estimate of drug-likeness (QED) is 0.822. The third-order valence-corrected chi connectivity index (χ3v) is 4.71. The maximum atomic E-state index is 6.39. The average molecular weight is 244 g/mol. The minimum Gasteiger partial charge on any atom is -0.364 e. The Labute approximate surface area is 110 Å². The van der Waals surface area contributed by atoms with Crippen LogP contribution in [-0.4, -0.2) is 18.1 Å². The van der Waals surface area contributed by atoms with Crippen LogP contribution in [0.3, 0.4) is 0 Å². The number of para-hydroxylation sites is 1. The van der Waals surface area contributed by atoms with Gasteiger partial charge in [-0.25, -0.2) is 0 Å². The van der Waals surface area contributed by atoms with Crippen LogP contribution in [0, 0.1) is 0 Å². The first-order valence-corrected chi connectivity index (χ1v) is 7.39. The van der Waals surface area contributed by atoms with Gasteiger partial charge in [0.05, 0.1) is 0 Å². The fraction of sp³-hybridized carbons (Fsp3) is 0.625. The van der Waals surface area contributed by atoms with E-state index in [9.17, 15) is 0 Å². The van der Waals surface area contributed by atoms with Crippen molar-refractivity contribution in [2.75, 3.05) is 4.90 Å². The first kappa shape index (κ1) is 12.0. The van der Waals surface area contributed by atoms with Crippen molar-refractivity contribution >= 4 is 5.69 Å². The van der Waals surface area contributed by atoms with E-state index in [1.54, 1.807) is 0 Å². The second kappa shape index (κ2) is 4.93. The predicted molar refractivity (Wildman–Crippen MR) is 76.9 cm³/mol. The summed E-state index contributed by atoms with van der Waals surface area (Å²) in [5.41, 5.74) is 9.34. The molecule has 18 heavy (non-hydrogen) atoms. The molecule has 1 aromatic carbocycles. The molecule has 1 fully saturated rings. The second-order valence-corrected chi connectivity index (χ2v) is 5.94. The number of fused-ring (bicyclic) bond motifs is 1. The largest absolute Gasteiger partial charge is 0.364 e. The van der Waals surface area contributed by atoms with Crippen molar-refractivity contribution in [1.29, 1.82) is 0 Å². The Bertz CT molecular complexity index is 415. The molecule has 1 heterocycles. The zero-order valence-electron chi connectivity index (χ0n) is 11.3. The highest BCUT2D eigenvalue weighted by Gasteiger charge is 2.33. The molecular weight excluding hydrogens is 220 g/mol. The summed E-state index contributed by atoms with van der Waals surface area (Å²) in [7, 11) is 0. The Hall–Kier alpha value is -1.02. The Morgan fingerprint density at radius 1 is 1.11 bits per heavy atom. The van der Waals surface area contributed by atoms with Gasteiger partial charge in [0.1, 0.15) is 0 Å². The van der Waals surface area contributed by atoms with Gasteiger partial charge < -0.3 is 10.6 Å². The van der Waals surface area contributed by atoms with Gasteiger partial charge in [-0.3, -0.25) is 0 Å². The van der Waals surface area contributed by atoms with E-state index < -0.39 is 0 Å². The third-order valence-electron chi connectivity index (χ3n) is 4.71. The number of nitrogens with zero attached hydrogens (tertiary/aromatic N) is 1. The first-order chi connectivity index (χ1) is 8.77. The van der Waals surface area contributed by atoms with E-state index in [4.69, 9.17) is 5.73 Å². The van der Waals surface area contributed by atoms with Crippen molar-refractivity contribution in [3.05, 3.63) is 29.8 Å². The smallest absolute Gasteiger partial charge is 0.0444 e. The van der Waals surface area contributed by atoms with E-state index in [1.165, 1.54) is 49.8 Å². The van der Waals surface area contributed by atoms with Gasteiger partial charge in [0, 0.05) is 23.8 Å². The molecule has 0 aromatic heterocycles. The van der Waals surface area contributed by atoms with Crippen LogP contribution >= 0.6 is 0 Å². The lowest BCUT2D eigenvalue weighted by Crippen LogP contribution is -2.54. The molecule has 0 amide bonds. The van der Waals surface area contributed by atoms with Crippen molar-refractivity contribution in [2.24, 2.45) is 5.73 Å². The summed E-state index contributed by atoms with van der Waals surface area (Å²) in [6.45, 7) is 2.36. The summed E-state index contributed by atoms with van der Waals surface area (Å²) in [6, 6.07) is 10.4. The molecule has 1 aliphatic carbocycles. The maximum absolute atomic E-state index is 6.39. The highest BCUT2D eigenvalue weighted by molar-refractivity contribution is 5.57. The van der Waals surface area contributed by atoms with Crippen LogP contribution in [0.5, 0.6) is 0 Å². The van der Waals surface area contributed by atoms with Crippen molar-refractivity contribution < 1.29 is 0 Å². The number of aryl methyl sites for hydroxylation is 1. The lowest BCUT2D eigenvalue weighted by atomic mass is 9.86. The van der Waals surface area contributed by atoms with Crippen LogP contribution in [0.15, 0.2) is 24.3 Å². The Kier molecular flexibility index (Phi) is 3.29. The molecule has 1 aromatic rings. The van der Waals surface area contributed by atoms with Crippen LogP contribution in [0.2, 0.25) is 0 Å². The molecule has 2 N–H and O–H groups in total. The van der Waals surface area contributed by atoms with Gasteiger partial charge in [0.15, 0.2) is 0 Å². The van der Waals surface area contributed by atoms with Gasteiger partial charge in [-0.15, -0.1) is 0 Å². The highest BCUT2D eigenvalue weighted by Crippen LogP contribution is 2.35. The van der Waals surface area contributed by atoms with Gasteiger partial charge in [0.25, 0.3) is 0 Å². The topological polar surface area (TPSA) is 29.3 Å². The maximum Gasteiger partial charge on any atom is 0.0444 e. The molecule has 3 rings (SSSR count). The summed E-state index contributed by atoms with van der Waals surface area (Å²) in [5, 5.41) is 0. The highest BCUT2D eigenvalue weighted by atomic mass is 15.2. The zero-order valence-corrected chi connectivity index (χ0v) is 11.3. The standard InChI is InChI=1S/C16H24N2/c1-12-10-11-13-6-2-4-8-15(13)18(12)16-9-5-3-7-14(16)17/h2,4,6,8,12,14,16H,3,5,7,9-11,17H2,1H3. The normalized spacial score (nSPS) is 32.1. The van der Waals surface area contributed by atoms with E-state index in [0.717, 1.165) is 0 Å². The second-order valence-electron chi connectivity index (χ2n) is 5.94. The molecule has 3 atom stereocenters. The summed E-state index contributed by atoms with van der Waals surface area (Å²) < 4.78 is 0. The van der Waals surface area contributed by atoms with Crippen molar-refractivity contribution in [3.63, 3.8) is 0 Å². The third kappa shape index (κ3) is 2.03. The fourth-order valence-corrected chi connectivity index (χ4v) is 3.71. The minimum absolute atomic E-state index is 0.354. The number of nitrogens with two attached hydrogens (primary N) is 1. The molecule has 2 aliphatic rings. The Morgan fingerprint density at radius 3 is 2.72 bits per heavy atom. The van der Waals surface area contributed by atoms with E-state index in [0.29, 0.717) is 18.1 Å². The van der Waals surface area contributed by atoms with Crippen molar-refractivity contribution in [3.8, 4) is 0 Å². The van der Waals surface area contributed by atoms with E-state index in [-0.39, 0.29) is 0 Å². The molecule has 1 aliphatic heterocycles. The fourth-order valence-electron chi connectivity index (χ4n) is 3.71. The van der Waals surface area contributed by atoms with Crippen molar-refractivity contribution in [2.45, 2.75) is 63.6 Å². The van der Waals surface area contributed by atoms with Crippen LogP contribution in [0.25, 0.3) is 0 Å². The lowest BCUT2D eigenvalue weighted by molar-refractivity contribution is 0.337. The van der Waals surface area contributed by atoms with Crippen LogP contribution in [0.1, 0.15) is 44.6 Å². The summed E-state index contributed by atoms with van der Waals surface area (Å²) in [6.07, 6.45) is 7.58. The zero-order chi connectivity index (χ0) is 12.5. The van der Waals surface area contributed by atoms with Crippen LogP contribution < -0.4 is 10.6 Å². The number of hydrogen-bond acceptors (Lipinski definition) is 2. The molecule has 1 saturated carbocycles. The molecule has 0 spiro atoms. The Balaban J connectivity index is 1.94. The Morgan fingerprint density at radius 2 is 1.89 bits per heavy atom. The van der Waals surface area contributed by atoms with Gasteiger partial charge in [-0.2, -0.15) is 0 Å². The SMILES string of the molecule is CC1CCc2ccccc2N1C1CCCCC1N. The van der Waals surface area contributed by atoms with Gasteiger partial charge in [0.2, 0.25) is 0 Å². The molecule has 2 heteroatoms. The minimum atomic E-state index is 0.354. The number of anilines is 1. The van der Waals surface area contributed by atoms with Crippen molar-refractivity contribution in [1.82, 2.24) is 0 Å².